The number of hydrogen-bond acceptors (Lipinski definition) is 3. The molecule has 0 aliphatic heterocycles. The van der Waals surface area contributed by atoms with Crippen LogP contribution in [0.15, 0.2) is 24.4 Å². The fourth-order valence-corrected chi connectivity index (χ4v) is 2.11. The van der Waals surface area contributed by atoms with Gasteiger partial charge in [0.2, 0.25) is 0 Å². The number of aliphatic hydroxyl groups excluding tert-OH is 1. The Bertz CT molecular complexity index is 576. The molecule has 0 saturated carbocycles. The van der Waals surface area contributed by atoms with Crippen LogP contribution in [-0.4, -0.2) is 22.8 Å². The Labute approximate surface area is 103 Å². The molecule has 0 radical (unpaired) electrons. The number of hydrogen-bond donors (Lipinski definition) is 1. The summed E-state index contributed by atoms with van der Waals surface area (Å²) < 4.78 is 6.40. The first-order valence-electron chi connectivity index (χ1n) is 5.05. The first kappa shape index (κ1) is 12.0. The van der Waals surface area contributed by atoms with Crippen molar-refractivity contribution in [2.45, 2.75) is 6.10 Å². The molecule has 90 valence electrons. The zero-order valence-corrected chi connectivity index (χ0v) is 10.2. The minimum atomic E-state index is -1.35. The summed E-state index contributed by atoms with van der Waals surface area (Å²) in [7, 11) is 3.12. The van der Waals surface area contributed by atoms with Crippen LogP contribution in [0.2, 0.25) is 5.02 Å². The molecule has 1 heterocycles. The number of esters is 1. The highest BCUT2D eigenvalue weighted by Crippen LogP contribution is 2.31. The largest absolute Gasteiger partial charge is 0.467 e. The summed E-state index contributed by atoms with van der Waals surface area (Å²) in [4.78, 5) is 11.3. The average Bonchev–Trinajstić information content (AvgIpc) is 2.71. The highest BCUT2D eigenvalue weighted by atomic mass is 35.5. The lowest BCUT2D eigenvalue weighted by atomic mass is 10.1. The van der Waals surface area contributed by atoms with Crippen molar-refractivity contribution < 1.29 is 14.6 Å². The third-order valence-electron chi connectivity index (χ3n) is 2.75. The number of rotatable bonds is 2. The summed E-state index contributed by atoms with van der Waals surface area (Å²) in [5, 5.41) is 10.9. The minimum Gasteiger partial charge on any atom is -0.467 e. The second-order valence-corrected chi connectivity index (χ2v) is 4.13. The fraction of sp³-hybridized carbons (Fsp3) is 0.250. The lowest BCUT2D eigenvalue weighted by molar-refractivity contribution is -0.150. The molecule has 0 spiro atoms. The molecule has 1 aromatic heterocycles. The number of aryl methyl sites for hydroxylation is 1. The van der Waals surface area contributed by atoms with Gasteiger partial charge < -0.3 is 14.4 Å². The van der Waals surface area contributed by atoms with Gasteiger partial charge in [-0.05, 0) is 12.1 Å². The number of aliphatic hydroxyl groups is 1. The number of methoxy groups -OCH3 is 1. The van der Waals surface area contributed by atoms with Crippen LogP contribution in [0.25, 0.3) is 10.9 Å². The average molecular weight is 254 g/mol. The van der Waals surface area contributed by atoms with Crippen molar-refractivity contribution in [2.75, 3.05) is 7.11 Å². The van der Waals surface area contributed by atoms with E-state index in [1.807, 2.05) is 29.9 Å². The zero-order valence-electron chi connectivity index (χ0n) is 9.48. The zero-order chi connectivity index (χ0) is 12.6. The third-order valence-corrected chi connectivity index (χ3v) is 3.17. The lowest BCUT2D eigenvalue weighted by Gasteiger charge is -2.11. The van der Waals surface area contributed by atoms with E-state index in [1.54, 1.807) is 6.07 Å². The summed E-state index contributed by atoms with van der Waals surface area (Å²) in [5.41, 5.74) is 1.30. The van der Waals surface area contributed by atoms with Gasteiger partial charge in [0.05, 0.1) is 12.1 Å². The van der Waals surface area contributed by atoms with Crippen molar-refractivity contribution in [3.63, 3.8) is 0 Å². The van der Waals surface area contributed by atoms with Gasteiger partial charge in [-0.3, -0.25) is 0 Å². The van der Waals surface area contributed by atoms with Crippen molar-refractivity contribution in [3.05, 3.63) is 35.0 Å². The number of carbonyl (C=O) groups excluding carboxylic acids is 1. The van der Waals surface area contributed by atoms with Crippen LogP contribution in [0.4, 0.5) is 0 Å². The second kappa shape index (κ2) is 4.39. The number of fused-ring (bicyclic) bond motifs is 1. The monoisotopic (exact) mass is 253 g/mol. The van der Waals surface area contributed by atoms with Crippen LogP contribution >= 0.6 is 11.6 Å². The molecule has 4 nitrogen and oxygen atoms in total. The number of nitrogens with zero attached hydrogens (tertiary/aromatic N) is 1. The summed E-state index contributed by atoms with van der Waals surface area (Å²) in [6, 6.07) is 5.28. The molecule has 0 saturated heterocycles. The van der Waals surface area contributed by atoms with Crippen LogP contribution in [0, 0.1) is 0 Å². The minimum absolute atomic E-state index is 0.359. The van der Waals surface area contributed by atoms with E-state index >= 15 is 0 Å². The van der Waals surface area contributed by atoms with Crippen molar-refractivity contribution in [3.8, 4) is 0 Å². The third kappa shape index (κ3) is 1.90. The molecule has 1 atom stereocenters. The fourth-order valence-electron chi connectivity index (χ4n) is 1.78. The van der Waals surface area contributed by atoms with Gasteiger partial charge in [-0.25, -0.2) is 4.79 Å². The Kier molecular flexibility index (Phi) is 3.09. The molecule has 0 amide bonds. The molecule has 5 heteroatoms. The number of benzene rings is 1. The Morgan fingerprint density at radius 2 is 2.18 bits per heavy atom. The lowest BCUT2D eigenvalue weighted by Crippen LogP contribution is -2.13. The van der Waals surface area contributed by atoms with Crippen LogP contribution in [-0.2, 0) is 16.6 Å². The van der Waals surface area contributed by atoms with Gasteiger partial charge in [-0.1, -0.05) is 17.7 Å². The highest BCUT2D eigenvalue weighted by Gasteiger charge is 2.22. The normalized spacial score (nSPS) is 12.7. The van der Waals surface area contributed by atoms with Crippen molar-refractivity contribution >= 4 is 28.5 Å². The van der Waals surface area contributed by atoms with E-state index < -0.39 is 12.1 Å². The van der Waals surface area contributed by atoms with E-state index in [0.717, 1.165) is 10.9 Å². The predicted octanol–water partition coefficient (Wildman–Crippen LogP) is 2.04. The van der Waals surface area contributed by atoms with Crippen LogP contribution in [0.1, 0.15) is 11.7 Å². The van der Waals surface area contributed by atoms with E-state index in [4.69, 9.17) is 11.6 Å². The van der Waals surface area contributed by atoms with E-state index in [0.29, 0.717) is 10.6 Å². The molecule has 17 heavy (non-hydrogen) atoms. The van der Waals surface area contributed by atoms with Gasteiger partial charge in [-0.15, -0.1) is 0 Å². The van der Waals surface area contributed by atoms with Crippen LogP contribution in [0.5, 0.6) is 0 Å². The summed E-state index contributed by atoms with van der Waals surface area (Å²) >= 11 is 6.17. The Morgan fingerprint density at radius 1 is 1.47 bits per heavy atom. The number of ether oxygens (including phenoxy) is 1. The number of carbonyl (C=O) groups is 1. The van der Waals surface area contributed by atoms with Gasteiger partial charge in [0.25, 0.3) is 0 Å². The molecule has 1 aromatic carbocycles. The van der Waals surface area contributed by atoms with Gasteiger partial charge in [0.1, 0.15) is 0 Å². The smallest absolute Gasteiger partial charge is 0.339 e. The summed E-state index contributed by atoms with van der Waals surface area (Å²) in [5.74, 6) is -0.720. The first-order chi connectivity index (χ1) is 8.06. The molecule has 0 bridgehead atoms. The topological polar surface area (TPSA) is 51.5 Å². The quantitative estimate of drug-likeness (QED) is 0.834. The van der Waals surface area contributed by atoms with Gasteiger partial charge >= 0.3 is 5.97 Å². The Hall–Kier alpha value is -1.52. The second-order valence-electron chi connectivity index (χ2n) is 3.75. The maximum atomic E-state index is 11.3. The first-order valence-corrected chi connectivity index (χ1v) is 5.43. The highest BCUT2D eigenvalue weighted by molar-refractivity contribution is 6.36. The van der Waals surface area contributed by atoms with Crippen molar-refractivity contribution in [1.82, 2.24) is 4.57 Å². The summed E-state index contributed by atoms with van der Waals surface area (Å²) in [6.45, 7) is 0. The number of halogens is 1. The maximum absolute atomic E-state index is 11.3. The molecule has 1 unspecified atom stereocenters. The van der Waals surface area contributed by atoms with E-state index in [9.17, 15) is 9.90 Å². The van der Waals surface area contributed by atoms with Gasteiger partial charge in [-0.2, -0.15) is 0 Å². The molecule has 1 N–H and O–H groups in total. The van der Waals surface area contributed by atoms with Crippen LogP contribution < -0.4 is 0 Å². The maximum Gasteiger partial charge on any atom is 0.339 e. The van der Waals surface area contributed by atoms with Gasteiger partial charge in [0, 0.05) is 29.7 Å². The van der Waals surface area contributed by atoms with Crippen molar-refractivity contribution in [1.29, 1.82) is 0 Å². The SMILES string of the molecule is COC(=O)C(O)c1ccc2c(ccn2C)c1Cl. The molecular formula is C12H12ClNO3. The molecule has 2 aromatic rings. The molecule has 0 aliphatic carbocycles. The van der Waals surface area contributed by atoms with Crippen LogP contribution in [0.3, 0.4) is 0 Å². The predicted molar refractivity (Wildman–Crippen MR) is 64.9 cm³/mol. The molecule has 0 fully saturated rings. The summed E-state index contributed by atoms with van der Waals surface area (Å²) in [6.07, 6.45) is 0.516. The Balaban J connectivity index is 2.56. The van der Waals surface area contributed by atoms with Crippen molar-refractivity contribution in [2.24, 2.45) is 7.05 Å². The molecule has 0 aliphatic rings. The van der Waals surface area contributed by atoms with Gasteiger partial charge in [0.15, 0.2) is 6.10 Å². The van der Waals surface area contributed by atoms with E-state index in [1.165, 1.54) is 7.11 Å². The standard InChI is InChI=1S/C12H12ClNO3/c1-14-6-5-7-9(14)4-3-8(10(7)13)11(15)12(16)17-2/h3-6,11,15H,1-2H3. The number of aromatic nitrogens is 1. The Morgan fingerprint density at radius 3 is 2.82 bits per heavy atom. The molecular weight excluding hydrogens is 242 g/mol. The molecule has 2 rings (SSSR count). The van der Waals surface area contributed by atoms with E-state index in [-0.39, 0.29) is 0 Å². The van der Waals surface area contributed by atoms with E-state index in [2.05, 4.69) is 4.74 Å².